The van der Waals surface area contributed by atoms with Crippen LogP contribution in [0.2, 0.25) is 0 Å². The highest BCUT2D eigenvalue weighted by atomic mass is 16.5. The Balaban J connectivity index is 1.48. The zero-order valence-electron chi connectivity index (χ0n) is 41.2. The number of hydrogen-bond acceptors (Lipinski definition) is 12. The van der Waals surface area contributed by atoms with E-state index in [2.05, 4.69) is 49.0 Å². The van der Waals surface area contributed by atoms with Crippen LogP contribution in [-0.2, 0) is 58.9 Å². The Hall–Kier alpha value is -4.65. The number of ether oxygens (including phenoxy) is 4. The van der Waals surface area contributed by atoms with Crippen molar-refractivity contribution in [2.45, 2.75) is 130 Å². The number of phenolic OH excluding ortho intramolecular Hbond substituents is 1. The molecule has 18 nitrogen and oxygen atoms in total. The zero-order chi connectivity index (χ0) is 50.1. The van der Waals surface area contributed by atoms with E-state index in [1.165, 1.54) is 0 Å². The van der Waals surface area contributed by atoms with E-state index in [4.69, 9.17) is 24.7 Å². The first-order valence-corrected chi connectivity index (χ1v) is 24.9. The third-order valence-electron chi connectivity index (χ3n) is 12.8. The molecule has 0 saturated heterocycles. The molecule has 1 aliphatic carbocycles. The van der Waals surface area contributed by atoms with Gasteiger partial charge in [-0.05, 0) is 92.7 Å². The van der Waals surface area contributed by atoms with Crippen molar-refractivity contribution >= 4 is 41.3 Å². The number of phenols is 1. The molecule has 18 heteroatoms. The summed E-state index contributed by atoms with van der Waals surface area (Å²) in [6, 6.07) is 5.55. The lowest BCUT2D eigenvalue weighted by molar-refractivity contribution is -0.143. The molecule has 1 aliphatic rings. The van der Waals surface area contributed by atoms with Gasteiger partial charge in [0, 0.05) is 50.7 Å². The normalized spacial score (nSPS) is 16.9. The summed E-state index contributed by atoms with van der Waals surface area (Å²) >= 11 is 0. The number of aromatic hydroxyl groups is 1. The predicted octanol–water partition coefficient (Wildman–Crippen LogP) is 4.23. The number of unbranched alkanes of at least 4 members (excludes halogenated alkanes) is 3. The highest BCUT2D eigenvalue weighted by Gasteiger charge is 2.31. The lowest BCUT2D eigenvalue weighted by Crippen LogP contribution is -2.45. The highest BCUT2D eigenvalue weighted by Crippen LogP contribution is 2.33. The summed E-state index contributed by atoms with van der Waals surface area (Å²) in [7, 11) is 0. The molecule has 1 aromatic carbocycles. The van der Waals surface area contributed by atoms with Crippen molar-refractivity contribution in [3.05, 3.63) is 29.8 Å². The maximum absolute atomic E-state index is 12.9. The maximum atomic E-state index is 12.9. The first-order valence-electron chi connectivity index (χ1n) is 24.9. The molecule has 3 unspecified atom stereocenters. The van der Waals surface area contributed by atoms with Crippen LogP contribution >= 0.6 is 0 Å². The van der Waals surface area contributed by atoms with Crippen molar-refractivity contribution in [2.24, 2.45) is 41.2 Å². The number of aliphatic carboxylic acids is 1. The summed E-state index contributed by atoms with van der Waals surface area (Å²) in [4.78, 5) is 86.5. The summed E-state index contributed by atoms with van der Waals surface area (Å²) in [6.07, 6.45) is 9.60. The van der Waals surface area contributed by atoms with Crippen molar-refractivity contribution in [3.63, 3.8) is 0 Å². The lowest BCUT2D eigenvalue weighted by atomic mass is 9.74. The van der Waals surface area contributed by atoms with E-state index in [9.17, 15) is 43.8 Å². The van der Waals surface area contributed by atoms with Crippen LogP contribution in [0.25, 0.3) is 0 Å². The Morgan fingerprint density at radius 3 is 1.93 bits per heavy atom. The second kappa shape index (κ2) is 35.5. The third kappa shape index (κ3) is 26.8. The van der Waals surface area contributed by atoms with Crippen molar-refractivity contribution < 1.29 is 62.7 Å². The van der Waals surface area contributed by atoms with E-state index in [0.29, 0.717) is 51.0 Å². The number of rotatable bonds is 39. The van der Waals surface area contributed by atoms with Crippen LogP contribution < -0.4 is 27.0 Å². The Labute approximate surface area is 403 Å². The van der Waals surface area contributed by atoms with Crippen LogP contribution in [0, 0.1) is 35.5 Å². The maximum Gasteiger partial charge on any atom is 0.326 e. The first-order chi connectivity index (χ1) is 32.6. The minimum absolute atomic E-state index is 0.0265. The van der Waals surface area contributed by atoms with Crippen molar-refractivity contribution in [3.8, 4) is 5.75 Å². The Morgan fingerprint density at radius 2 is 1.32 bits per heavy atom. The van der Waals surface area contributed by atoms with Crippen molar-refractivity contribution in [1.82, 2.24) is 21.3 Å². The van der Waals surface area contributed by atoms with Gasteiger partial charge in [0.25, 0.3) is 0 Å². The molecule has 0 aliphatic heterocycles. The molecule has 386 valence electrons. The fraction of sp³-hybridized carbons (Fsp3) is 0.740. The van der Waals surface area contributed by atoms with Crippen LogP contribution in [0.5, 0.6) is 5.75 Å². The molecule has 1 saturated carbocycles. The van der Waals surface area contributed by atoms with Gasteiger partial charge in [-0.2, -0.15) is 0 Å². The molecule has 1 fully saturated rings. The molecular weight excluding hydrogens is 879 g/mol. The van der Waals surface area contributed by atoms with E-state index in [1.807, 2.05) is 0 Å². The molecule has 8 N–H and O–H groups in total. The summed E-state index contributed by atoms with van der Waals surface area (Å²) in [5, 5.41) is 30.2. The summed E-state index contributed by atoms with van der Waals surface area (Å²) in [5.41, 5.74) is 6.67. The number of Topliss-reactive ketones (excluding diaryl/α,β-unsaturated/α-hetero) is 1. The Morgan fingerprint density at radius 1 is 0.721 bits per heavy atom. The Bertz CT molecular complexity index is 1640. The molecule has 5 amide bonds. The van der Waals surface area contributed by atoms with Gasteiger partial charge in [0.05, 0.1) is 39.6 Å². The minimum Gasteiger partial charge on any atom is -0.508 e. The number of carbonyl (C=O) groups excluding carboxylic acids is 6. The van der Waals surface area contributed by atoms with Gasteiger partial charge >= 0.3 is 5.97 Å². The van der Waals surface area contributed by atoms with E-state index in [1.54, 1.807) is 24.3 Å². The quantitative estimate of drug-likeness (QED) is 0.0456. The highest BCUT2D eigenvalue weighted by molar-refractivity contribution is 5.86. The van der Waals surface area contributed by atoms with Crippen LogP contribution in [0.1, 0.15) is 123 Å². The van der Waals surface area contributed by atoms with Crippen LogP contribution in [0.4, 0.5) is 0 Å². The van der Waals surface area contributed by atoms with Gasteiger partial charge in [0.1, 0.15) is 25.0 Å². The SMILES string of the molecule is CCCCCCC(=O)NCC1CCC(C(=O)NC(CCC(=O)NCCOCCOCC(=O)NCCOCCOCC(=O)CC(C(C)C[C@@H](Cc2ccc(O)cc2)C(N)=O)[C@@H](C)CC)C(=O)O)CC1. The van der Waals surface area contributed by atoms with Gasteiger partial charge in [-0.15, -0.1) is 0 Å². The number of carboxylic acids is 1. The molecular formula is C50H83N5O13. The lowest BCUT2D eigenvalue weighted by Gasteiger charge is -2.30. The van der Waals surface area contributed by atoms with Gasteiger partial charge in [0.15, 0.2) is 5.78 Å². The second-order valence-corrected chi connectivity index (χ2v) is 18.3. The summed E-state index contributed by atoms with van der Waals surface area (Å²) in [6.45, 7) is 10.4. The molecule has 0 heterocycles. The molecule has 5 atom stereocenters. The number of nitrogens with two attached hydrogens (primary N) is 1. The second-order valence-electron chi connectivity index (χ2n) is 18.3. The fourth-order valence-corrected chi connectivity index (χ4v) is 8.39. The Kier molecular flexibility index (Phi) is 31.0. The standard InChI is InChI=1S/C50H83N5O13/c1-5-7-8-9-10-45(58)54-32-38-11-15-39(16-12-38)49(62)55-44(50(63)64)19-20-46(59)52-21-23-65-26-28-68-34-47(60)53-22-24-66-25-27-67-33-42(57)31-43(35(3)6-2)36(4)29-40(48(51)61)30-37-13-17-41(56)18-14-37/h13-14,17-18,35-36,38-40,43-44,56H,5-12,15-16,19-34H2,1-4H3,(H2,51,61)(H,52,59)(H,53,60)(H,54,58)(H,55,62)(H,63,64)/t35-,36?,38?,39?,40-,43?,44?/m0/s1. The number of carboxylic acid groups (broad SMARTS) is 1. The number of carbonyl (C=O) groups is 7. The van der Waals surface area contributed by atoms with E-state index >= 15 is 0 Å². The first kappa shape index (κ1) is 59.5. The average Bonchev–Trinajstić information content (AvgIpc) is 3.31. The molecule has 0 bridgehead atoms. The van der Waals surface area contributed by atoms with Gasteiger partial charge in [-0.3, -0.25) is 28.8 Å². The number of benzene rings is 1. The molecule has 2 rings (SSSR count). The van der Waals surface area contributed by atoms with Crippen LogP contribution in [-0.4, -0.2) is 130 Å². The number of ketones is 1. The number of hydrogen-bond donors (Lipinski definition) is 7. The van der Waals surface area contributed by atoms with Crippen LogP contribution in [0.15, 0.2) is 24.3 Å². The molecule has 68 heavy (non-hydrogen) atoms. The molecule has 0 aromatic heterocycles. The molecule has 0 radical (unpaired) electrons. The van der Waals surface area contributed by atoms with Gasteiger partial charge < -0.3 is 56.2 Å². The van der Waals surface area contributed by atoms with E-state index < -0.39 is 17.9 Å². The number of nitrogens with one attached hydrogen (secondary N) is 4. The molecule has 0 spiro atoms. The average molecular weight is 962 g/mol. The minimum atomic E-state index is -1.20. The third-order valence-corrected chi connectivity index (χ3v) is 12.8. The monoisotopic (exact) mass is 962 g/mol. The van der Waals surface area contributed by atoms with Gasteiger partial charge in [0.2, 0.25) is 29.5 Å². The summed E-state index contributed by atoms with van der Waals surface area (Å²) in [5.74, 6) is -2.44. The fourth-order valence-electron chi connectivity index (χ4n) is 8.39. The zero-order valence-corrected chi connectivity index (χ0v) is 41.2. The van der Waals surface area contributed by atoms with Gasteiger partial charge in [-0.25, -0.2) is 4.79 Å². The van der Waals surface area contributed by atoms with Crippen LogP contribution in [0.3, 0.4) is 0 Å². The number of primary amides is 1. The van der Waals surface area contributed by atoms with Crippen molar-refractivity contribution in [1.29, 1.82) is 0 Å². The number of amides is 5. The topological polar surface area (TPSA) is 271 Å². The predicted molar refractivity (Wildman–Crippen MR) is 256 cm³/mol. The smallest absolute Gasteiger partial charge is 0.326 e. The van der Waals surface area contributed by atoms with Gasteiger partial charge in [-0.1, -0.05) is 65.5 Å². The largest absolute Gasteiger partial charge is 0.508 e. The molecule has 1 aromatic rings. The van der Waals surface area contributed by atoms with E-state index in [-0.39, 0.29) is 144 Å². The summed E-state index contributed by atoms with van der Waals surface area (Å²) < 4.78 is 21.8. The van der Waals surface area contributed by atoms with Crippen molar-refractivity contribution in [2.75, 3.05) is 72.5 Å². The van der Waals surface area contributed by atoms with E-state index in [0.717, 1.165) is 50.5 Å².